The highest BCUT2D eigenvalue weighted by atomic mass is 14.3. The fourth-order valence-corrected chi connectivity index (χ4v) is 3.99. The van der Waals surface area contributed by atoms with Crippen LogP contribution < -0.4 is 0 Å². The lowest BCUT2D eigenvalue weighted by molar-refractivity contribution is 0.226. The molecule has 0 bridgehead atoms. The summed E-state index contributed by atoms with van der Waals surface area (Å²) in [5.74, 6) is 3.75. The van der Waals surface area contributed by atoms with Crippen LogP contribution in [0.25, 0.3) is 0 Å². The van der Waals surface area contributed by atoms with Crippen molar-refractivity contribution in [2.75, 3.05) is 0 Å². The summed E-state index contributed by atoms with van der Waals surface area (Å²) < 4.78 is 0. The van der Waals surface area contributed by atoms with Crippen LogP contribution in [0.4, 0.5) is 0 Å². The molecule has 146 valence electrons. The van der Waals surface area contributed by atoms with Crippen LogP contribution >= 0.6 is 0 Å². The van der Waals surface area contributed by atoms with Crippen molar-refractivity contribution in [1.29, 1.82) is 0 Å². The summed E-state index contributed by atoms with van der Waals surface area (Å²) in [6, 6.07) is 0. The van der Waals surface area contributed by atoms with Crippen molar-refractivity contribution >= 4 is 0 Å². The summed E-state index contributed by atoms with van der Waals surface area (Å²) in [4.78, 5) is 0. The van der Waals surface area contributed by atoms with Crippen molar-refractivity contribution in [1.82, 2.24) is 0 Å². The maximum atomic E-state index is 2.40. The van der Waals surface area contributed by atoms with E-state index in [0.717, 1.165) is 23.7 Å². The lowest BCUT2D eigenvalue weighted by Gasteiger charge is -2.29. The SMILES string of the molecule is CCCCCCC(CCC(C)C)C(CCCCCC)CCC(C)C. The minimum Gasteiger partial charge on any atom is -0.0654 e. The fourth-order valence-electron chi connectivity index (χ4n) is 3.99. The summed E-state index contributed by atoms with van der Waals surface area (Å²) in [6.07, 6.45) is 20.3. The van der Waals surface area contributed by atoms with Crippen LogP contribution in [-0.4, -0.2) is 0 Å². The molecule has 0 aromatic carbocycles. The van der Waals surface area contributed by atoms with Gasteiger partial charge in [0.2, 0.25) is 0 Å². The van der Waals surface area contributed by atoms with Crippen LogP contribution in [0.1, 0.15) is 131 Å². The van der Waals surface area contributed by atoms with Crippen LogP contribution in [0.2, 0.25) is 0 Å². The van der Waals surface area contributed by atoms with Gasteiger partial charge < -0.3 is 0 Å². The summed E-state index contributed by atoms with van der Waals surface area (Å²) >= 11 is 0. The Bertz CT molecular complexity index is 214. The van der Waals surface area contributed by atoms with Crippen molar-refractivity contribution in [3.8, 4) is 0 Å². The van der Waals surface area contributed by atoms with Gasteiger partial charge in [0.05, 0.1) is 0 Å². The molecule has 0 amide bonds. The van der Waals surface area contributed by atoms with Crippen LogP contribution in [0.5, 0.6) is 0 Å². The van der Waals surface area contributed by atoms with E-state index in [2.05, 4.69) is 41.5 Å². The van der Waals surface area contributed by atoms with E-state index in [1.54, 1.807) is 0 Å². The molecule has 24 heavy (non-hydrogen) atoms. The van der Waals surface area contributed by atoms with E-state index in [9.17, 15) is 0 Å². The summed E-state index contributed by atoms with van der Waals surface area (Å²) in [5.41, 5.74) is 0. The largest absolute Gasteiger partial charge is 0.0654 e. The maximum absolute atomic E-state index is 2.40. The highest BCUT2D eigenvalue weighted by Crippen LogP contribution is 2.34. The number of hydrogen-bond donors (Lipinski definition) is 0. The van der Waals surface area contributed by atoms with Gasteiger partial charge in [0, 0.05) is 0 Å². The molecule has 0 radical (unpaired) electrons. The quantitative estimate of drug-likeness (QED) is 0.232. The van der Waals surface area contributed by atoms with Crippen molar-refractivity contribution < 1.29 is 0 Å². The molecule has 2 unspecified atom stereocenters. The van der Waals surface area contributed by atoms with E-state index in [1.807, 2.05) is 0 Å². The Morgan fingerprint density at radius 2 is 0.792 bits per heavy atom. The second-order valence-corrected chi connectivity index (χ2v) is 9.16. The molecule has 0 aliphatic heterocycles. The standard InChI is InChI=1S/C24H50/c1-7-9-11-13-15-23(19-17-21(3)4)24(20-18-22(5)6)16-14-12-10-8-2/h21-24H,7-20H2,1-6H3. The predicted molar refractivity (Wildman–Crippen MR) is 113 cm³/mol. The molecule has 0 saturated carbocycles. The first-order chi connectivity index (χ1) is 11.5. The zero-order chi connectivity index (χ0) is 18.2. The van der Waals surface area contributed by atoms with Crippen molar-refractivity contribution in [3.63, 3.8) is 0 Å². The lowest BCUT2D eigenvalue weighted by atomic mass is 9.77. The van der Waals surface area contributed by atoms with E-state index in [0.29, 0.717) is 0 Å². The molecule has 0 heterocycles. The minimum atomic E-state index is 0.869. The first-order valence-electron chi connectivity index (χ1n) is 11.5. The smallest absolute Gasteiger partial charge is 0.0386 e. The second-order valence-electron chi connectivity index (χ2n) is 9.16. The van der Waals surface area contributed by atoms with Gasteiger partial charge in [0.25, 0.3) is 0 Å². The third-order valence-electron chi connectivity index (χ3n) is 5.75. The van der Waals surface area contributed by atoms with Gasteiger partial charge in [0.15, 0.2) is 0 Å². The van der Waals surface area contributed by atoms with Gasteiger partial charge in [-0.2, -0.15) is 0 Å². The molecule has 0 aromatic heterocycles. The van der Waals surface area contributed by atoms with Crippen LogP contribution in [0, 0.1) is 23.7 Å². The van der Waals surface area contributed by atoms with Gasteiger partial charge in [-0.1, -0.05) is 119 Å². The van der Waals surface area contributed by atoms with Crippen molar-refractivity contribution in [3.05, 3.63) is 0 Å². The van der Waals surface area contributed by atoms with Gasteiger partial charge in [0.1, 0.15) is 0 Å². The van der Waals surface area contributed by atoms with E-state index < -0.39 is 0 Å². The molecule has 0 N–H and O–H groups in total. The molecule has 0 heteroatoms. The van der Waals surface area contributed by atoms with E-state index in [-0.39, 0.29) is 0 Å². The Morgan fingerprint density at radius 1 is 0.417 bits per heavy atom. The molecule has 0 saturated heterocycles. The van der Waals surface area contributed by atoms with Gasteiger partial charge in [-0.3, -0.25) is 0 Å². The Hall–Kier alpha value is 0. The molecule has 0 aliphatic carbocycles. The van der Waals surface area contributed by atoms with Gasteiger partial charge in [-0.25, -0.2) is 0 Å². The molecule has 0 rings (SSSR count). The maximum Gasteiger partial charge on any atom is -0.0386 e. The topological polar surface area (TPSA) is 0 Å². The molecule has 0 aliphatic rings. The van der Waals surface area contributed by atoms with Crippen molar-refractivity contribution in [2.24, 2.45) is 23.7 Å². The average Bonchev–Trinajstić information content (AvgIpc) is 2.53. The van der Waals surface area contributed by atoms with Crippen LogP contribution in [0.15, 0.2) is 0 Å². The third kappa shape index (κ3) is 14.4. The molecule has 2 atom stereocenters. The predicted octanol–water partition coefficient (Wildman–Crippen LogP) is 9.03. The first-order valence-corrected chi connectivity index (χ1v) is 11.5. The van der Waals surface area contributed by atoms with E-state index in [4.69, 9.17) is 0 Å². The lowest BCUT2D eigenvalue weighted by Crippen LogP contribution is -2.17. The molecular weight excluding hydrogens is 288 g/mol. The van der Waals surface area contributed by atoms with Crippen LogP contribution in [0.3, 0.4) is 0 Å². The Morgan fingerprint density at radius 3 is 1.08 bits per heavy atom. The Balaban J connectivity index is 4.57. The zero-order valence-electron chi connectivity index (χ0n) is 18.2. The zero-order valence-corrected chi connectivity index (χ0v) is 18.2. The van der Waals surface area contributed by atoms with Gasteiger partial charge >= 0.3 is 0 Å². The Kier molecular flexibility index (Phi) is 16.5. The minimum absolute atomic E-state index is 0.869. The normalized spacial score (nSPS) is 14.5. The number of rotatable bonds is 17. The molecule has 0 spiro atoms. The molecule has 0 fully saturated rings. The summed E-state index contributed by atoms with van der Waals surface area (Å²) in [6.45, 7) is 14.3. The third-order valence-corrected chi connectivity index (χ3v) is 5.75. The molecule has 0 nitrogen and oxygen atoms in total. The molecule has 0 aromatic rings. The van der Waals surface area contributed by atoms with E-state index in [1.165, 1.54) is 89.9 Å². The number of unbranched alkanes of at least 4 members (excludes halogenated alkanes) is 6. The monoisotopic (exact) mass is 338 g/mol. The van der Waals surface area contributed by atoms with Gasteiger partial charge in [-0.15, -0.1) is 0 Å². The summed E-state index contributed by atoms with van der Waals surface area (Å²) in [5, 5.41) is 0. The Labute approximate surface area is 155 Å². The number of hydrogen-bond acceptors (Lipinski definition) is 0. The van der Waals surface area contributed by atoms with E-state index >= 15 is 0 Å². The van der Waals surface area contributed by atoms with Gasteiger partial charge in [-0.05, 0) is 36.5 Å². The fraction of sp³-hybridized carbons (Fsp3) is 1.00. The summed E-state index contributed by atoms with van der Waals surface area (Å²) in [7, 11) is 0. The molecular formula is C24H50. The average molecular weight is 339 g/mol. The first kappa shape index (κ1) is 24.0. The highest BCUT2D eigenvalue weighted by Gasteiger charge is 2.21. The van der Waals surface area contributed by atoms with Crippen LogP contribution in [-0.2, 0) is 0 Å². The van der Waals surface area contributed by atoms with Crippen molar-refractivity contribution in [2.45, 2.75) is 131 Å². The second kappa shape index (κ2) is 16.5. The highest BCUT2D eigenvalue weighted by molar-refractivity contribution is 4.73.